The zero-order valence-electron chi connectivity index (χ0n) is 20.5. The van der Waals surface area contributed by atoms with Crippen molar-refractivity contribution in [1.82, 2.24) is 0 Å². The molecule has 0 saturated heterocycles. The highest BCUT2D eigenvalue weighted by Gasteiger charge is 2.09. The Morgan fingerprint density at radius 2 is 0.765 bits per heavy atom. The Morgan fingerprint density at radius 3 is 1.26 bits per heavy atom. The van der Waals surface area contributed by atoms with Crippen LogP contribution in [0.25, 0.3) is 43.4 Å². The fourth-order valence-corrected chi connectivity index (χ4v) is 4.45. The van der Waals surface area contributed by atoms with Crippen molar-refractivity contribution in [3.8, 4) is 11.1 Å². The monoisotopic (exact) mass is 440 g/mol. The van der Waals surface area contributed by atoms with Crippen molar-refractivity contribution in [2.45, 2.75) is 27.7 Å². The Balaban J connectivity index is 0.000000260. The highest BCUT2D eigenvalue weighted by molar-refractivity contribution is 6.25. The van der Waals surface area contributed by atoms with E-state index in [0.29, 0.717) is 0 Å². The van der Waals surface area contributed by atoms with Gasteiger partial charge in [-0.1, -0.05) is 140 Å². The molecule has 0 radical (unpaired) electrons. The molecule has 0 unspecified atom stereocenters. The SMILES string of the molecule is CC.Cc1cccc(-c2ccc3c4ccccc4c4ccccc4c3c2)c1.Cc1ccccc1. The number of aryl methyl sites for hydroxylation is 2. The van der Waals surface area contributed by atoms with Crippen molar-refractivity contribution in [2.24, 2.45) is 0 Å². The van der Waals surface area contributed by atoms with Gasteiger partial charge in [0.2, 0.25) is 0 Å². The molecule has 168 valence electrons. The predicted octanol–water partition coefficient (Wildman–Crippen LogP) is 10.1. The molecule has 0 aliphatic heterocycles. The second-order valence-corrected chi connectivity index (χ2v) is 8.38. The lowest BCUT2D eigenvalue weighted by atomic mass is 9.92. The van der Waals surface area contributed by atoms with E-state index in [1.807, 2.05) is 32.0 Å². The Labute approximate surface area is 203 Å². The summed E-state index contributed by atoms with van der Waals surface area (Å²) < 4.78 is 0. The van der Waals surface area contributed by atoms with Crippen molar-refractivity contribution in [2.75, 3.05) is 0 Å². The molecule has 0 aromatic heterocycles. The highest BCUT2D eigenvalue weighted by Crippen LogP contribution is 2.36. The van der Waals surface area contributed by atoms with Gasteiger partial charge < -0.3 is 0 Å². The van der Waals surface area contributed by atoms with Crippen LogP contribution in [0.1, 0.15) is 25.0 Å². The third-order valence-electron chi connectivity index (χ3n) is 6.04. The van der Waals surface area contributed by atoms with Crippen molar-refractivity contribution >= 4 is 32.3 Å². The van der Waals surface area contributed by atoms with Crippen LogP contribution in [0.3, 0.4) is 0 Å². The standard InChI is InChI=1S/C25H18.C7H8.C2H6/c1-17-7-6-8-18(15-17)19-13-14-24-22-11-3-2-9-20(22)21-10-4-5-12-23(21)25(24)16-19;1-7-5-3-2-4-6-7;1-2/h2-16H,1H3;2-6H,1H3;1-2H3. The molecule has 6 aromatic carbocycles. The number of benzene rings is 6. The second kappa shape index (κ2) is 10.8. The van der Waals surface area contributed by atoms with E-state index in [-0.39, 0.29) is 0 Å². The summed E-state index contributed by atoms with van der Waals surface area (Å²) in [6.45, 7) is 8.23. The topological polar surface area (TPSA) is 0 Å². The molecule has 0 bridgehead atoms. The smallest absolute Gasteiger partial charge is 0.00928 e. The van der Waals surface area contributed by atoms with Crippen LogP contribution in [0, 0.1) is 13.8 Å². The summed E-state index contributed by atoms with van der Waals surface area (Å²) in [6.07, 6.45) is 0. The van der Waals surface area contributed by atoms with Gasteiger partial charge in [-0.05, 0) is 63.4 Å². The number of fused-ring (bicyclic) bond motifs is 6. The van der Waals surface area contributed by atoms with E-state index in [4.69, 9.17) is 0 Å². The average Bonchev–Trinajstić information content (AvgIpc) is 2.90. The molecule has 0 heterocycles. The molecule has 34 heavy (non-hydrogen) atoms. The first-order valence-electron chi connectivity index (χ1n) is 12.1. The average molecular weight is 441 g/mol. The van der Waals surface area contributed by atoms with Crippen LogP contribution in [0.5, 0.6) is 0 Å². The number of hydrogen-bond donors (Lipinski definition) is 0. The van der Waals surface area contributed by atoms with E-state index < -0.39 is 0 Å². The Morgan fingerprint density at radius 1 is 0.324 bits per heavy atom. The molecule has 0 amide bonds. The zero-order valence-corrected chi connectivity index (χ0v) is 20.5. The zero-order chi connectivity index (χ0) is 23.9. The van der Waals surface area contributed by atoms with Crippen molar-refractivity contribution in [3.05, 3.63) is 132 Å². The Kier molecular flexibility index (Phi) is 7.40. The summed E-state index contributed by atoms with van der Waals surface area (Å²) >= 11 is 0. The van der Waals surface area contributed by atoms with E-state index >= 15 is 0 Å². The minimum absolute atomic E-state index is 1.27. The van der Waals surface area contributed by atoms with E-state index in [1.165, 1.54) is 54.6 Å². The van der Waals surface area contributed by atoms with Gasteiger partial charge in [0.25, 0.3) is 0 Å². The van der Waals surface area contributed by atoms with Gasteiger partial charge in [0.1, 0.15) is 0 Å². The fraction of sp³-hybridized carbons (Fsp3) is 0.118. The van der Waals surface area contributed by atoms with Gasteiger partial charge in [0, 0.05) is 0 Å². The maximum Gasteiger partial charge on any atom is -0.00928 e. The lowest BCUT2D eigenvalue weighted by Crippen LogP contribution is -1.85. The lowest BCUT2D eigenvalue weighted by Gasteiger charge is -2.12. The van der Waals surface area contributed by atoms with Crippen LogP contribution >= 0.6 is 0 Å². The van der Waals surface area contributed by atoms with Crippen LogP contribution in [-0.2, 0) is 0 Å². The molecule has 0 spiro atoms. The highest BCUT2D eigenvalue weighted by atomic mass is 14.1. The van der Waals surface area contributed by atoms with Gasteiger partial charge in [-0.3, -0.25) is 0 Å². The summed E-state index contributed by atoms with van der Waals surface area (Å²) in [6, 6.07) is 43.3. The Bertz CT molecular complexity index is 1490. The Hall–Kier alpha value is -3.90. The molecule has 0 N–H and O–H groups in total. The van der Waals surface area contributed by atoms with E-state index in [2.05, 4.69) is 117 Å². The van der Waals surface area contributed by atoms with Gasteiger partial charge in [-0.15, -0.1) is 0 Å². The minimum Gasteiger partial charge on any atom is -0.0683 e. The third-order valence-corrected chi connectivity index (χ3v) is 6.04. The predicted molar refractivity (Wildman–Crippen MR) is 152 cm³/mol. The van der Waals surface area contributed by atoms with Gasteiger partial charge in [-0.2, -0.15) is 0 Å². The first-order chi connectivity index (χ1) is 16.7. The van der Waals surface area contributed by atoms with Crippen LogP contribution in [0.2, 0.25) is 0 Å². The summed E-state index contributed by atoms with van der Waals surface area (Å²) in [5, 5.41) is 7.96. The van der Waals surface area contributed by atoms with Crippen molar-refractivity contribution < 1.29 is 0 Å². The molecule has 0 atom stereocenters. The molecule has 0 aliphatic carbocycles. The summed E-state index contributed by atoms with van der Waals surface area (Å²) in [7, 11) is 0. The van der Waals surface area contributed by atoms with Crippen molar-refractivity contribution in [1.29, 1.82) is 0 Å². The quantitative estimate of drug-likeness (QED) is 0.223. The fourth-order valence-electron chi connectivity index (χ4n) is 4.45. The molecule has 6 aromatic rings. The second-order valence-electron chi connectivity index (χ2n) is 8.38. The molecular weight excluding hydrogens is 408 g/mol. The first-order valence-corrected chi connectivity index (χ1v) is 12.1. The van der Waals surface area contributed by atoms with Crippen LogP contribution in [-0.4, -0.2) is 0 Å². The van der Waals surface area contributed by atoms with Crippen LogP contribution < -0.4 is 0 Å². The number of hydrogen-bond acceptors (Lipinski definition) is 0. The summed E-state index contributed by atoms with van der Waals surface area (Å²) in [5.74, 6) is 0. The van der Waals surface area contributed by atoms with Crippen LogP contribution in [0.4, 0.5) is 0 Å². The lowest BCUT2D eigenvalue weighted by molar-refractivity contribution is 1.47. The third kappa shape index (κ3) is 4.87. The molecular formula is C34H32. The summed E-state index contributed by atoms with van der Waals surface area (Å²) in [5.41, 5.74) is 5.17. The molecule has 0 heteroatoms. The first kappa shape index (κ1) is 23.3. The van der Waals surface area contributed by atoms with E-state index in [1.54, 1.807) is 0 Å². The minimum atomic E-state index is 1.27. The molecule has 0 fully saturated rings. The molecule has 6 rings (SSSR count). The molecule has 0 saturated carbocycles. The van der Waals surface area contributed by atoms with Crippen LogP contribution in [0.15, 0.2) is 121 Å². The largest absolute Gasteiger partial charge is 0.0683 e. The maximum absolute atomic E-state index is 2.35. The maximum atomic E-state index is 2.35. The molecule has 0 nitrogen and oxygen atoms in total. The number of rotatable bonds is 1. The normalized spacial score (nSPS) is 10.4. The molecule has 0 aliphatic rings. The summed E-state index contributed by atoms with van der Waals surface area (Å²) in [4.78, 5) is 0. The van der Waals surface area contributed by atoms with E-state index in [9.17, 15) is 0 Å². The van der Waals surface area contributed by atoms with Gasteiger partial charge in [0.05, 0.1) is 0 Å². The van der Waals surface area contributed by atoms with Gasteiger partial charge in [0.15, 0.2) is 0 Å². The van der Waals surface area contributed by atoms with Gasteiger partial charge >= 0.3 is 0 Å². The van der Waals surface area contributed by atoms with Crippen molar-refractivity contribution in [3.63, 3.8) is 0 Å². The van der Waals surface area contributed by atoms with Gasteiger partial charge in [-0.25, -0.2) is 0 Å². The van der Waals surface area contributed by atoms with E-state index in [0.717, 1.165) is 0 Å².